The number of nitro groups is 1. The maximum absolute atomic E-state index is 11.1. The van der Waals surface area contributed by atoms with Crippen molar-refractivity contribution in [3.05, 3.63) is 38.3 Å². The summed E-state index contributed by atoms with van der Waals surface area (Å²) in [6, 6.07) is 4.57. The summed E-state index contributed by atoms with van der Waals surface area (Å²) in [7, 11) is 0. The Balaban J connectivity index is 2.91. The van der Waals surface area contributed by atoms with Crippen LogP contribution in [0.25, 0.3) is 0 Å². The molecule has 0 bridgehead atoms. The number of nitro benzene ring substituents is 1. The largest absolute Gasteiger partial charge is 0.298 e. The molecule has 15 heavy (non-hydrogen) atoms. The van der Waals surface area contributed by atoms with Crippen LogP contribution in [0.15, 0.2) is 22.7 Å². The van der Waals surface area contributed by atoms with Crippen LogP contribution in [0, 0.1) is 10.1 Å². The molecule has 1 aromatic carbocycles. The van der Waals surface area contributed by atoms with Gasteiger partial charge in [-0.25, -0.2) is 0 Å². The van der Waals surface area contributed by atoms with Crippen molar-refractivity contribution < 1.29 is 9.72 Å². The number of rotatable bonds is 4. The molecule has 0 fully saturated rings. The summed E-state index contributed by atoms with van der Waals surface area (Å²) in [5.74, 6) is 0.0377. The van der Waals surface area contributed by atoms with Gasteiger partial charge in [0.25, 0.3) is 5.69 Å². The van der Waals surface area contributed by atoms with Crippen LogP contribution in [-0.4, -0.2) is 16.0 Å². The van der Waals surface area contributed by atoms with Crippen LogP contribution in [0.4, 0.5) is 5.69 Å². The van der Waals surface area contributed by atoms with E-state index in [1.54, 1.807) is 12.1 Å². The molecule has 0 atom stereocenters. The Labute approximate surface area is 103 Å². The number of carbonyl (C=O) groups excluding carboxylic acids is 1. The third-order valence-electron chi connectivity index (χ3n) is 1.76. The highest BCUT2D eigenvalue weighted by atomic mass is 79.9. The Kier molecular flexibility index (Phi) is 4.41. The minimum absolute atomic E-state index is 0.00467. The van der Waals surface area contributed by atoms with Crippen LogP contribution in [0.5, 0.6) is 0 Å². The monoisotopic (exact) mass is 335 g/mol. The fourth-order valence-electron chi connectivity index (χ4n) is 1.08. The highest BCUT2D eigenvalue weighted by Crippen LogP contribution is 2.25. The van der Waals surface area contributed by atoms with Gasteiger partial charge in [0, 0.05) is 12.5 Å². The molecule has 0 radical (unpaired) electrons. The van der Waals surface area contributed by atoms with Crippen molar-refractivity contribution in [1.82, 2.24) is 0 Å². The van der Waals surface area contributed by atoms with Gasteiger partial charge in [-0.15, -0.1) is 0 Å². The molecular weight excluding hydrogens is 330 g/mol. The van der Waals surface area contributed by atoms with Crippen molar-refractivity contribution in [3.63, 3.8) is 0 Å². The molecule has 0 aliphatic rings. The average Bonchev–Trinajstić information content (AvgIpc) is 2.17. The Bertz CT molecular complexity index is 406. The molecular formula is C9H7Br2NO3. The first-order valence-corrected chi connectivity index (χ1v) is 5.96. The number of halogens is 2. The molecule has 0 heterocycles. The minimum Gasteiger partial charge on any atom is -0.298 e. The maximum Gasteiger partial charge on any atom is 0.283 e. The van der Waals surface area contributed by atoms with E-state index in [1.807, 2.05) is 0 Å². The molecule has 6 heteroatoms. The Morgan fingerprint density at radius 1 is 1.47 bits per heavy atom. The van der Waals surface area contributed by atoms with E-state index >= 15 is 0 Å². The third kappa shape index (κ3) is 3.39. The first-order valence-electron chi connectivity index (χ1n) is 4.05. The molecule has 0 unspecified atom stereocenters. The van der Waals surface area contributed by atoms with Gasteiger partial charge in [-0.1, -0.05) is 22.0 Å². The standard InChI is InChI=1S/C9H7Br2NO3/c10-5-7(13)3-6-1-2-9(12(14)15)8(11)4-6/h1-2,4H,3,5H2. The van der Waals surface area contributed by atoms with Crippen molar-refractivity contribution in [2.24, 2.45) is 0 Å². The van der Waals surface area contributed by atoms with E-state index in [1.165, 1.54) is 6.07 Å². The van der Waals surface area contributed by atoms with Gasteiger partial charge in [0.15, 0.2) is 0 Å². The van der Waals surface area contributed by atoms with Gasteiger partial charge < -0.3 is 0 Å². The minimum atomic E-state index is -0.472. The molecule has 0 aromatic heterocycles. The molecule has 0 saturated carbocycles. The van der Waals surface area contributed by atoms with Gasteiger partial charge in [0.1, 0.15) is 5.78 Å². The van der Waals surface area contributed by atoms with E-state index in [0.29, 0.717) is 9.80 Å². The van der Waals surface area contributed by atoms with Crippen LogP contribution in [0.3, 0.4) is 0 Å². The molecule has 1 rings (SSSR count). The number of carbonyl (C=O) groups is 1. The van der Waals surface area contributed by atoms with E-state index < -0.39 is 4.92 Å². The van der Waals surface area contributed by atoms with Gasteiger partial charge in [-0.2, -0.15) is 0 Å². The molecule has 4 nitrogen and oxygen atoms in total. The number of benzene rings is 1. The van der Waals surface area contributed by atoms with E-state index in [4.69, 9.17) is 0 Å². The van der Waals surface area contributed by atoms with Gasteiger partial charge in [-0.3, -0.25) is 14.9 Å². The van der Waals surface area contributed by atoms with Gasteiger partial charge in [0.05, 0.1) is 14.7 Å². The summed E-state index contributed by atoms with van der Waals surface area (Å²) in [5, 5.41) is 10.8. The second-order valence-electron chi connectivity index (χ2n) is 2.89. The second-order valence-corrected chi connectivity index (χ2v) is 4.31. The number of nitrogens with zero attached hydrogens (tertiary/aromatic N) is 1. The molecule has 0 amide bonds. The van der Waals surface area contributed by atoms with Gasteiger partial charge in [-0.05, 0) is 27.6 Å². The Hall–Kier alpha value is -0.750. The number of Topliss-reactive ketones (excluding diaryl/α,β-unsaturated/α-hetero) is 1. The predicted octanol–water partition coefficient (Wildman–Crippen LogP) is 2.86. The lowest BCUT2D eigenvalue weighted by molar-refractivity contribution is -0.385. The fourth-order valence-corrected chi connectivity index (χ4v) is 1.85. The zero-order valence-corrected chi connectivity index (χ0v) is 10.7. The smallest absolute Gasteiger partial charge is 0.283 e. The molecule has 0 saturated heterocycles. The van der Waals surface area contributed by atoms with E-state index in [0.717, 1.165) is 5.56 Å². The van der Waals surface area contributed by atoms with Crippen molar-refractivity contribution in [3.8, 4) is 0 Å². The topological polar surface area (TPSA) is 60.2 Å². The van der Waals surface area contributed by atoms with Crippen molar-refractivity contribution in [1.29, 1.82) is 0 Å². The zero-order chi connectivity index (χ0) is 11.4. The van der Waals surface area contributed by atoms with Crippen LogP contribution >= 0.6 is 31.9 Å². The fraction of sp³-hybridized carbons (Fsp3) is 0.222. The molecule has 0 spiro atoms. The maximum atomic E-state index is 11.1. The first kappa shape index (κ1) is 12.3. The van der Waals surface area contributed by atoms with Crippen LogP contribution in [-0.2, 0) is 11.2 Å². The highest BCUT2D eigenvalue weighted by Gasteiger charge is 2.12. The lowest BCUT2D eigenvalue weighted by Gasteiger charge is -2.00. The normalized spacial score (nSPS) is 10.0. The molecule has 80 valence electrons. The van der Waals surface area contributed by atoms with Crippen molar-refractivity contribution >= 4 is 43.3 Å². The Morgan fingerprint density at radius 2 is 2.13 bits per heavy atom. The van der Waals surface area contributed by atoms with E-state index in [-0.39, 0.29) is 17.9 Å². The highest BCUT2D eigenvalue weighted by molar-refractivity contribution is 9.10. The molecule has 0 N–H and O–H groups in total. The molecule has 1 aromatic rings. The SMILES string of the molecule is O=C(CBr)Cc1ccc([N+](=O)[O-])c(Br)c1. The van der Waals surface area contributed by atoms with Crippen LogP contribution < -0.4 is 0 Å². The number of hydrogen-bond acceptors (Lipinski definition) is 3. The van der Waals surface area contributed by atoms with Crippen molar-refractivity contribution in [2.75, 3.05) is 5.33 Å². The van der Waals surface area contributed by atoms with Crippen molar-refractivity contribution in [2.45, 2.75) is 6.42 Å². The summed E-state index contributed by atoms with van der Waals surface area (Å²) in [6.45, 7) is 0. The summed E-state index contributed by atoms with van der Waals surface area (Å²) >= 11 is 6.15. The number of ketones is 1. The quantitative estimate of drug-likeness (QED) is 0.482. The van der Waals surface area contributed by atoms with E-state index in [9.17, 15) is 14.9 Å². The lowest BCUT2D eigenvalue weighted by atomic mass is 10.1. The predicted molar refractivity (Wildman–Crippen MR) is 63.3 cm³/mol. The molecule has 0 aliphatic carbocycles. The van der Waals surface area contributed by atoms with Gasteiger partial charge in [0.2, 0.25) is 0 Å². The second kappa shape index (κ2) is 5.37. The van der Waals surface area contributed by atoms with E-state index in [2.05, 4.69) is 31.9 Å². The van der Waals surface area contributed by atoms with Gasteiger partial charge >= 0.3 is 0 Å². The summed E-state index contributed by atoms with van der Waals surface area (Å²) < 4.78 is 0.396. The third-order valence-corrected chi connectivity index (χ3v) is 3.02. The Morgan fingerprint density at radius 3 is 2.60 bits per heavy atom. The summed E-state index contributed by atoms with van der Waals surface area (Å²) in [4.78, 5) is 21.2. The number of hydrogen-bond donors (Lipinski definition) is 0. The van der Waals surface area contributed by atoms with Crippen LogP contribution in [0.2, 0.25) is 0 Å². The number of alkyl halides is 1. The summed E-state index contributed by atoms with van der Waals surface area (Å²) in [5.41, 5.74) is 0.766. The molecule has 0 aliphatic heterocycles. The average molecular weight is 337 g/mol. The zero-order valence-electron chi connectivity index (χ0n) is 7.57. The summed E-state index contributed by atoms with van der Waals surface area (Å²) in [6.07, 6.45) is 0.280. The van der Waals surface area contributed by atoms with Crippen LogP contribution in [0.1, 0.15) is 5.56 Å². The first-order chi connectivity index (χ1) is 7.04. The lowest BCUT2D eigenvalue weighted by Crippen LogP contribution is -2.03.